The van der Waals surface area contributed by atoms with E-state index in [0.29, 0.717) is 51.5 Å². The Bertz CT molecular complexity index is 917. The number of carbonyl (C=O) groups excluding carboxylic acids is 2. The maximum atomic E-state index is 12.3. The van der Waals surface area contributed by atoms with Gasteiger partial charge in [0.1, 0.15) is 13.2 Å². The van der Waals surface area contributed by atoms with Gasteiger partial charge in [-0.1, -0.05) is 76.2 Å². The van der Waals surface area contributed by atoms with Crippen molar-refractivity contribution < 1.29 is 33.3 Å². The highest BCUT2D eigenvalue weighted by Gasteiger charge is 2.17. The minimum atomic E-state index is -0.315. The number of benzene rings is 2. The van der Waals surface area contributed by atoms with Crippen LogP contribution in [0, 0.1) is 11.8 Å². The second kappa shape index (κ2) is 19.4. The first-order valence-electron chi connectivity index (χ1n) is 14.9. The van der Waals surface area contributed by atoms with Gasteiger partial charge in [-0.25, -0.2) is 0 Å². The first-order valence-corrected chi connectivity index (χ1v) is 14.9. The van der Waals surface area contributed by atoms with Gasteiger partial charge in [0.2, 0.25) is 0 Å². The van der Waals surface area contributed by atoms with Gasteiger partial charge in [-0.2, -0.15) is 0 Å². The van der Waals surface area contributed by atoms with E-state index in [1.165, 1.54) is 11.1 Å². The summed E-state index contributed by atoms with van der Waals surface area (Å²) in [6, 6.07) is 16.3. The quantitative estimate of drug-likeness (QED) is 0.140. The molecule has 0 amide bonds. The average molecular weight is 571 g/mol. The molecule has 0 heterocycles. The normalized spacial score (nSPS) is 12.9. The molecule has 0 aliphatic heterocycles. The number of esters is 2. The van der Waals surface area contributed by atoms with Crippen LogP contribution in [-0.2, 0) is 46.1 Å². The van der Waals surface area contributed by atoms with Crippen LogP contribution in [0.3, 0.4) is 0 Å². The van der Waals surface area contributed by atoms with E-state index >= 15 is 0 Å². The molecule has 228 valence electrons. The Morgan fingerprint density at radius 1 is 0.488 bits per heavy atom. The van der Waals surface area contributed by atoms with E-state index in [-0.39, 0.29) is 37.0 Å². The van der Waals surface area contributed by atoms with Gasteiger partial charge in [-0.05, 0) is 60.8 Å². The van der Waals surface area contributed by atoms with E-state index in [1.807, 2.05) is 38.1 Å². The molecule has 0 saturated carbocycles. The van der Waals surface area contributed by atoms with Gasteiger partial charge >= 0.3 is 11.9 Å². The third-order valence-electron chi connectivity index (χ3n) is 6.64. The number of hydrogen-bond acceptors (Lipinski definition) is 7. The van der Waals surface area contributed by atoms with Crippen molar-refractivity contribution in [3.63, 3.8) is 0 Å². The molecule has 0 bridgehead atoms. The first kappa shape index (κ1) is 34.5. The van der Waals surface area contributed by atoms with Gasteiger partial charge in [0.05, 0.1) is 51.5 Å². The number of carbonyl (C=O) groups is 2. The van der Waals surface area contributed by atoms with E-state index in [9.17, 15) is 9.59 Å². The molecule has 2 aromatic rings. The Hall–Kier alpha value is -2.74. The molecule has 0 aromatic heterocycles. The van der Waals surface area contributed by atoms with Crippen molar-refractivity contribution in [3.8, 4) is 0 Å². The Labute approximate surface area is 246 Å². The summed E-state index contributed by atoms with van der Waals surface area (Å²) in [7, 11) is 0. The lowest BCUT2D eigenvalue weighted by Crippen LogP contribution is -2.18. The van der Waals surface area contributed by atoms with Crippen LogP contribution < -0.4 is 0 Å². The summed E-state index contributed by atoms with van der Waals surface area (Å²) in [5, 5.41) is 0. The van der Waals surface area contributed by atoms with Crippen molar-refractivity contribution in [2.24, 2.45) is 11.8 Å². The van der Waals surface area contributed by atoms with Crippen LogP contribution in [0.1, 0.15) is 75.6 Å². The minimum absolute atomic E-state index is 0.207. The van der Waals surface area contributed by atoms with Crippen molar-refractivity contribution in [2.45, 2.75) is 66.2 Å². The average Bonchev–Trinajstić information content (AvgIpc) is 2.94. The van der Waals surface area contributed by atoms with Crippen LogP contribution >= 0.6 is 0 Å². The standard InChI is InChI=1S/C34H50O7/c1-25(2)23-29-7-11-31(12-8-29)27(5)33(35)40-21-19-38-17-15-37-16-18-39-20-22-41-34(36)28(6)32-13-9-30(10-14-32)24-26(3)4/h7-14,25-28H,15-24H2,1-6H3. The smallest absolute Gasteiger partial charge is 0.313 e. The van der Waals surface area contributed by atoms with Gasteiger partial charge in [-0.3, -0.25) is 9.59 Å². The van der Waals surface area contributed by atoms with Gasteiger partial charge in [0.15, 0.2) is 0 Å². The topological polar surface area (TPSA) is 80.3 Å². The summed E-state index contributed by atoms with van der Waals surface area (Å²) >= 11 is 0. The van der Waals surface area contributed by atoms with Gasteiger partial charge < -0.3 is 23.7 Å². The van der Waals surface area contributed by atoms with E-state index in [1.54, 1.807) is 0 Å². The molecule has 0 N–H and O–H groups in total. The summed E-state index contributed by atoms with van der Waals surface area (Å²) < 4.78 is 27.1. The van der Waals surface area contributed by atoms with Gasteiger partial charge in [0.25, 0.3) is 0 Å². The lowest BCUT2D eigenvalue weighted by atomic mass is 9.97. The van der Waals surface area contributed by atoms with Crippen molar-refractivity contribution in [1.29, 1.82) is 0 Å². The summed E-state index contributed by atoms with van der Waals surface area (Å²) in [5.74, 6) is 0.0612. The maximum absolute atomic E-state index is 12.3. The summed E-state index contributed by atoms with van der Waals surface area (Å²) in [4.78, 5) is 24.6. The number of ether oxygens (including phenoxy) is 5. The third kappa shape index (κ3) is 14.1. The molecule has 0 aliphatic rings. The molecule has 0 fully saturated rings. The highest BCUT2D eigenvalue weighted by Crippen LogP contribution is 2.20. The third-order valence-corrected chi connectivity index (χ3v) is 6.64. The first-order chi connectivity index (χ1) is 19.7. The molecule has 0 radical (unpaired) electrons. The van der Waals surface area contributed by atoms with E-state index in [0.717, 1.165) is 24.0 Å². The molecular formula is C34H50O7. The molecule has 2 unspecified atom stereocenters. The highest BCUT2D eigenvalue weighted by atomic mass is 16.6. The molecule has 2 rings (SSSR count). The van der Waals surface area contributed by atoms with Gasteiger partial charge in [0, 0.05) is 0 Å². The molecule has 0 saturated heterocycles. The zero-order valence-corrected chi connectivity index (χ0v) is 25.9. The molecule has 41 heavy (non-hydrogen) atoms. The fourth-order valence-electron chi connectivity index (χ4n) is 4.29. The Balaban J connectivity index is 1.43. The zero-order chi connectivity index (χ0) is 30.0. The molecule has 2 atom stereocenters. The lowest BCUT2D eigenvalue weighted by Gasteiger charge is -2.13. The van der Waals surface area contributed by atoms with E-state index in [4.69, 9.17) is 23.7 Å². The second-order valence-electron chi connectivity index (χ2n) is 11.3. The predicted octanol–water partition coefficient (Wildman–Crippen LogP) is 6.13. The monoisotopic (exact) mass is 570 g/mol. The maximum Gasteiger partial charge on any atom is 0.313 e. The fraction of sp³-hybridized carbons (Fsp3) is 0.588. The predicted molar refractivity (Wildman–Crippen MR) is 161 cm³/mol. The van der Waals surface area contributed by atoms with E-state index in [2.05, 4.69) is 52.0 Å². The van der Waals surface area contributed by atoms with Crippen LogP contribution in [0.4, 0.5) is 0 Å². The van der Waals surface area contributed by atoms with Crippen molar-refractivity contribution >= 4 is 11.9 Å². The van der Waals surface area contributed by atoms with Crippen molar-refractivity contribution in [3.05, 3.63) is 70.8 Å². The molecular weight excluding hydrogens is 520 g/mol. The highest BCUT2D eigenvalue weighted by molar-refractivity contribution is 5.78. The largest absolute Gasteiger partial charge is 0.463 e. The van der Waals surface area contributed by atoms with Gasteiger partial charge in [-0.15, -0.1) is 0 Å². The Kier molecular flexibility index (Phi) is 16.3. The molecule has 0 spiro atoms. The number of hydrogen-bond donors (Lipinski definition) is 0. The zero-order valence-electron chi connectivity index (χ0n) is 25.9. The van der Waals surface area contributed by atoms with E-state index < -0.39 is 0 Å². The van der Waals surface area contributed by atoms with Crippen LogP contribution in [0.2, 0.25) is 0 Å². The Morgan fingerprint density at radius 2 is 0.780 bits per heavy atom. The van der Waals surface area contributed by atoms with Crippen molar-refractivity contribution in [2.75, 3.05) is 52.9 Å². The second-order valence-corrected chi connectivity index (χ2v) is 11.3. The Morgan fingerprint density at radius 3 is 1.07 bits per heavy atom. The fourth-order valence-corrected chi connectivity index (χ4v) is 4.29. The van der Waals surface area contributed by atoms with Crippen LogP contribution in [0.5, 0.6) is 0 Å². The summed E-state index contributed by atoms with van der Waals surface area (Å²) in [6.45, 7) is 15.2. The minimum Gasteiger partial charge on any atom is -0.463 e. The molecule has 7 nitrogen and oxygen atoms in total. The molecule has 0 aliphatic carbocycles. The summed E-state index contributed by atoms with van der Waals surface area (Å²) in [6.07, 6.45) is 2.05. The SMILES string of the molecule is CC(C)Cc1ccc(C(C)C(=O)OCCOCCOCCOCCOC(=O)C(C)c2ccc(CC(C)C)cc2)cc1. The van der Waals surface area contributed by atoms with Crippen molar-refractivity contribution in [1.82, 2.24) is 0 Å². The van der Waals surface area contributed by atoms with Crippen LogP contribution in [0.25, 0.3) is 0 Å². The molecule has 2 aromatic carbocycles. The summed E-state index contributed by atoms with van der Waals surface area (Å²) in [5.41, 5.74) is 4.46. The number of rotatable bonds is 20. The lowest BCUT2D eigenvalue weighted by molar-refractivity contribution is -0.147. The molecule has 7 heteroatoms. The van der Waals surface area contributed by atoms with Crippen LogP contribution in [0.15, 0.2) is 48.5 Å². The van der Waals surface area contributed by atoms with Crippen LogP contribution in [-0.4, -0.2) is 64.8 Å².